The minimum absolute atomic E-state index is 0.0350. The number of likely N-dealkylation sites (tertiary alicyclic amines) is 1. The number of nitrogens with one attached hydrogen (secondary N) is 1. The highest BCUT2D eigenvalue weighted by Crippen LogP contribution is 2.30. The maximum Gasteiger partial charge on any atom is 0.245 e. The second-order valence-electron chi connectivity index (χ2n) is 8.16. The van der Waals surface area contributed by atoms with Crippen molar-refractivity contribution in [3.05, 3.63) is 30.1 Å². The standard InChI is InChI=1S/C20H28FN3O3S/c21-18-3-1-2-4-19(18)28(26,27)24-13-7-15(8-14-24)20(25)22-16-9-11-23(12-10-16)17-5-6-17/h1-4,15-17H,5-14H2,(H,22,25). The third-order valence-corrected chi connectivity index (χ3v) is 8.15. The lowest BCUT2D eigenvalue weighted by molar-refractivity contribution is -0.127. The fourth-order valence-corrected chi connectivity index (χ4v) is 5.85. The Morgan fingerprint density at radius 3 is 2.21 bits per heavy atom. The van der Waals surface area contributed by atoms with Gasteiger partial charge in [0.1, 0.15) is 10.7 Å². The summed E-state index contributed by atoms with van der Waals surface area (Å²) < 4.78 is 40.6. The monoisotopic (exact) mass is 409 g/mol. The first-order valence-corrected chi connectivity index (χ1v) is 11.7. The summed E-state index contributed by atoms with van der Waals surface area (Å²) in [5, 5.41) is 3.17. The number of halogens is 1. The molecule has 0 bridgehead atoms. The van der Waals surface area contributed by atoms with Gasteiger partial charge in [-0.25, -0.2) is 12.8 Å². The predicted octanol–water partition coefficient (Wildman–Crippen LogP) is 1.97. The molecule has 0 spiro atoms. The highest BCUT2D eigenvalue weighted by atomic mass is 32.2. The summed E-state index contributed by atoms with van der Waals surface area (Å²) in [6.45, 7) is 2.59. The van der Waals surface area contributed by atoms with Crippen LogP contribution in [-0.4, -0.2) is 61.8 Å². The molecule has 0 unspecified atom stereocenters. The highest BCUT2D eigenvalue weighted by molar-refractivity contribution is 7.89. The molecule has 6 nitrogen and oxygen atoms in total. The number of carbonyl (C=O) groups excluding carboxylic acids is 1. The van der Waals surface area contributed by atoms with Crippen molar-refractivity contribution in [1.29, 1.82) is 0 Å². The van der Waals surface area contributed by atoms with Crippen LogP contribution in [0, 0.1) is 11.7 Å². The summed E-state index contributed by atoms with van der Waals surface area (Å²) in [5.74, 6) is -0.874. The zero-order valence-electron chi connectivity index (χ0n) is 16.0. The Morgan fingerprint density at radius 1 is 0.964 bits per heavy atom. The summed E-state index contributed by atoms with van der Waals surface area (Å²) in [6.07, 6.45) is 5.54. The van der Waals surface area contributed by atoms with Crippen LogP contribution in [0.4, 0.5) is 4.39 Å². The number of carbonyl (C=O) groups is 1. The summed E-state index contributed by atoms with van der Waals surface area (Å²) in [5.41, 5.74) is 0. The third kappa shape index (κ3) is 4.23. The third-order valence-electron chi connectivity index (χ3n) is 6.22. The van der Waals surface area contributed by atoms with E-state index >= 15 is 0 Å². The van der Waals surface area contributed by atoms with Crippen molar-refractivity contribution in [2.24, 2.45) is 5.92 Å². The number of nitrogens with zero attached hydrogens (tertiary/aromatic N) is 2. The molecule has 28 heavy (non-hydrogen) atoms. The normalized spacial score (nSPS) is 23.6. The average Bonchev–Trinajstić information content (AvgIpc) is 3.54. The lowest BCUT2D eigenvalue weighted by atomic mass is 9.96. The van der Waals surface area contributed by atoms with Crippen molar-refractivity contribution < 1.29 is 17.6 Å². The van der Waals surface area contributed by atoms with E-state index in [2.05, 4.69) is 10.2 Å². The van der Waals surface area contributed by atoms with Crippen LogP contribution >= 0.6 is 0 Å². The molecule has 1 aromatic rings. The van der Waals surface area contributed by atoms with Crippen LogP contribution in [0.3, 0.4) is 0 Å². The molecule has 4 rings (SSSR count). The maximum absolute atomic E-state index is 13.9. The van der Waals surface area contributed by atoms with E-state index in [1.54, 1.807) is 0 Å². The smallest absolute Gasteiger partial charge is 0.245 e. The van der Waals surface area contributed by atoms with E-state index in [-0.39, 0.29) is 35.9 Å². The van der Waals surface area contributed by atoms with Gasteiger partial charge in [0.05, 0.1) is 0 Å². The minimum atomic E-state index is -3.86. The molecule has 1 N–H and O–H groups in total. The topological polar surface area (TPSA) is 69.7 Å². The lowest BCUT2D eigenvalue weighted by Gasteiger charge is -2.34. The summed E-state index contributed by atoms with van der Waals surface area (Å²) in [7, 11) is -3.86. The van der Waals surface area contributed by atoms with E-state index in [0.29, 0.717) is 12.8 Å². The van der Waals surface area contributed by atoms with E-state index in [9.17, 15) is 17.6 Å². The van der Waals surface area contributed by atoms with Crippen molar-refractivity contribution in [3.63, 3.8) is 0 Å². The number of hydrogen-bond acceptors (Lipinski definition) is 4. The van der Waals surface area contributed by atoms with Crippen LogP contribution in [0.25, 0.3) is 0 Å². The predicted molar refractivity (Wildman–Crippen MR) is 104 cm³/mol. The largest absolute Gasteiger partial charge is 0.353 e. The molecule has 3 aliphatic rings. The molecule has 0 aromatic heterocycles. The van der Waals surface area contributed by atoms with Crippen LogP contribution in [-0.2, 0) is 14.8 Å². The number of sulfonamides is 1. The molecule has 1 saturated carbocycles. The second kappa shape index (κ2) is 8.08. The molecule has 2 saturated heterocycles. The molecule has 1 aliphatic carbocycles. The molecule has 8 heteroatoms. The Labute approximate surface area is 166 Å². The second-order valence-corrected chi connectivity index (χ2v) is 10.1. The SMILES string of the molecule is O=C(NC1CCN(C2CC2)CC1)C1CCN(S(=O)(=O)c2ccccc2F)CC1. The van der Waals surface area contributed by atoms with Gasteiger partial charge in [0.2, 0.25) is 15.9 Å². The summed E-state index contributed by atoms with van der Waals surface area (Å²) in [4.78, 5) is 14.9. The molecule has 3 fully saturated rings. The van der Waals surface area contributed by atoms with Gasteiger partial charge in [-0.3, -0.25) is 4.79 Å². The van der Waals surface area contributed by atoms with Crippen molar-refractivity contribution in [1.82, 2.24) is 14.5 Å². The molecule has 0 atom stereocenters. The van der Waals surface area contributed by atoms with Crippen LogP contribution < -0.4 is 5.32 Å². The van der Waals surface area contributed by atoms with Crippen LogP contribution in [0.1, 0.15) is 38.5 Å². The first kappa shape index (κ1) is 19.8. The lowest BCUT2D eigenvalue weighted by Crippen LogP contribution is -2.49. The van der Waals surface area contributed by atoms with Gasteiger partial charge >= 0.3 is 0 Å². The molecule has 1 aromatic carbocycles. The zero-order valence-corrected chi connectivity index (χ0v) is 16.8. The van der Waals surface area contributed by atoms with E-state index in [0.717, 1.165) is 38.0 Å². The van der Waals surface area contributed by atoms with E-state index < -0.39 is 15.8 Å². The van der Waals surface area contributed by atoms with Crippen LogP contribution in [0.15, 0.2) is 29.2 Å². The van der Waals surface area contributed by atoms with Crippen molar-refractivity contribution in [3.8, 4) is 0 Å². The summed E-state index contributed by atoms with van der Waals surface area (Å²) in [6, 6.07) is 6.43. The summed E-state index contributed by atoms with van der Waals surface area (Å²) >= 11 is 0. The van der Waals surface area contributed by atoms with E-state index in [1.807, 2.05) is 0 Å². The Bertz CT molecular complexity index is 812. The maximum atomic E-state index is 13.9. The van der Waals surface area contributed by atoms with Gasteiger partial charge < -0.3 is 10.2 Å². The molecule has 1 amide bonds. The Hall–Kier alpha value is -1.51. The highest BCUT2D eigenvalue weighted by Gasteiger charge is 2.35. The molecular weight excluding hydrogens is 381 g/mol. The number of amides is 1. The van der Waals surface area contributed by atoms with Gasteiger partial charge in [-0.15, -0.1) is 0 Å². The Balaban J connectivity index is 1.28. The molecule has 2 heterocycles. The van der Waals surface area contributed by atoms with E-state index in [1.165, 1.54) is 35.3 Å². The van der Waals surface area contributed by atoms with Gasteiger partial charge in [0.25, 0.3) is 0 Å². The first-order valence-electron chi connectivity index (χ1n) is 10.2. The number of hydrogen-bond donors (Lipinski definition) is 1. The van der Waals surface area contributed by atoms with Crippen LogP contribution in [0.2, 0.25) is 0 Å². The average molecular weight is 410 g/mol. The van der Waals surface area contributed by atoms with Gasteiger partial charge in [-0.2, -0.15) is 4.31 Å². The van der Waals surface area contributed by atoms with Gasteiger partial charge in [-0.05, 0) is 50.7 Å². The quantitative estimate of drug-likeness (QED) is 0.807. The Morgan fingerprint density at radius 2 is 1.61 bits per heavy atom. The number of benzene rings is 1. The number of rotatable bonds is 5. The Kier molecular flexibility index (Phi) is 5.71. The van der Waals surface area contributed by atoms with Crippen molar-refractivity contribution in [2.75, 3.05) is 26.2 Å². The fraction of sp³-hybridized carbons (Fsp3) is 0.650. The molecule has 154 valence electrons. The van der Waals surface area contributed by atoms with Crippen molar-refractivity contribution in [2.45, 2.75) is 55.5 Å². The van der Waals surface area contributed by atoms with Crippen molar-refractivity contribution >= 4 is 15.9 Å². The van der Waals surface area contributed by atoms with Gasteiger partial charge in [0.15, 0.2) is 0 Å². The first-order chi connectivity index (χ1) is 13.4. The fourth-order valence-electron chi connectivity index (χ4n) is 4.32. The van der Waals surface area contributed by atoms with E-state index in [4.69, 9.17) is 0 Å². The molecular formula is C20H28FN3O3S. The number of piperidine rings is 2. The molecule has 2 aliphatic heterocycles. The van der Waals surface area contributed by atoms with Crippen LogP contribution in [0.5, 0.6) is 0 Å². The minimum Gasteiger partial charge on any atom is -0.353 e. The zero-order chi connectivity index (χ0) is 19.7. The molecule has 0 radical (unpaired) electrons. The van der Waals surface area contributed by atoms with Gasteiger partial charge in [-0.1, -0.05) is 12.1 Å². The van der Waals surface area contributed by atoms with Gasteiger partial charge in [0, 0.05) is 44.2 Å².